The highest BCUT2D eigenvalue weighted by molar-refractivity contribution is 5.97. The normalized spacial score (nSPS) is 24.8. The van der Waals surface area contributed by atoms with E-state index in [1.807, 2.05) is 12.1 Å². The summed E-state index contributed by atoms with van der Waals surface area (Å²) in [6.45, 7) is 4.17. The molecule has 3 rings (SSSR count). The highest BCUT2D eigenvalue weighted by Gasteiger charge is 2.23. The van der Waals surface area contributed by atoms with Crippen molar-refractivity contribution in [3.63, 3.8) is 0 Å². The summed E-state index contributed by atoms with van der Waals surface area (Å²) >= 11 is 0. The maximum atomic E-state index is 12.5. The molecule has 1 saturated carbocycles. The van der Waals surface area contributed by atoms with E-state index in [4.69, 9.17) is 0 Å². The monoisotopic (exact) mass is 286 g/mol. The van der Waals surface area contributed by atoms with Crippen molar-refractivity contribution in [2.45, 2.75) is 45.4 Å². The van der Waals surface area contributed by atoms with Crippen LogP contribution in [0.3, 0.4) is 0 Å². The van der Waals surface area contributed by atoms with Crippen LogP contribution in [0, 0.1) is 11.8 Å². The van der Waals surface area contributed by atoms with E-state index in [1.54, 1.807) is 0 Å². The minimum Gasteiger partial charge on any atom is -0.385 e. The third kappa shape index (κ3) is 3.22. The summed E-state index contributed by atoms with van der Waals surface area (Å²) in [5.41, 5.74) is 3.20. The molecular weight excluding hydrogens is 260 g/mol. The minimum absolute atomic E-state index is 0.105. The Kier molecular flexibility index (Phi) is 4.47. The largest absolute Gasteiger partial charge is 0.385 e. The van der Waals surface area contributed by atoms with Crippen LogP contribution in [0.1, 0.15) is 54.9 Å². The number of anilines is 1. The van der Waals surface area contributed by atoms with Crippen molar-refractivity contribution in [3.8, 4) is 0 Å². The van der Waals surface area contributed by atoms with E-state index >= 15 is 0 Å². The summed E-state index contributed by atoms with van der Waals surface area (Å²) in [5, 5.41) is 6.57. The molecular formula is C18H26N2O. The van der Waals surface area contributed by atoms with Gasteiger partial charge in [-0.05, 0) is 48.8 Å². The molecule has 3 heteroatoms. The van der Waals surface area contributed by atoms with Gasteiger partial charge in [-0.3, -0.25) is 4.79 Å². The lowest BCUT2D eigenvalue weighted by molar-refractivity contribution is 0.0935. The number of carbonyl (C=O) groups excluding carboxylic acids is 1. The Labute approximate surface area is 127 Å². The van der Waals surface area contributed by atoms with Crippen LogP contribution in [-0.2, 0) is 6.42 Å². The van der Waals surface area contributed by atoms with Crippen LogP contribution in [0.4, 0.5) is 5.69 Å². The van der Waals surface area contributed by atoms with Crippen LogP contribution >= 0.6 is 0 Å². The van der Waals surface area contributed by atoms with E-state index in [9.17, 15) is 4.79 Å². The van der Waals surface area contributed by atoms with Gasteiger partial charge in [0.1, 0.15) is 0 Å². The third-order valence-corrected chi connectivity index (χ3v) is 5.15. The number of amides is 1. The van der Waals surface area contributed by atoms with Gasteiger partial charge < -0.3 is 10.6 Å². The molecule has 3 nitrogen and oxygen atoms in total. The predicted octanol–water partition coefficient (Wildman–Crippen LogP) is 3.60. The summed E-state index contributed by atoms with van der Waals surface area (Å²) in [6, 6.07) is 6.02. The molecule has 1 amide bonds. The summed E-state index contributed by atoms with van der Waals surface area (Å²) in [4.78, 5) is 12.5. The zero-order valence-corrected chi connectivity index (χ0v) is 13.0. The Morgan fingerprint density at radius 2 is 2.14 bits per heavy atom. The lowest BCUT2D eigenvalue weighted by Gasteiger charge is -2.29. The van der Waals surface area contributed by atoms with Gasteiger partial charge in [0, 0.05) is 24.3 Å². The zero-order chi connectivity index (χ0) is 14.7. The van der Waals surface area contributed by atoms with Crippen LogP contribution in [0.15, 0.2) is 18.2 Å². The summed E-state index contributed by atoms with van der Waals surface area (Å²) < 4.78 is 0. The molecule has 1 aliphatic carbocycles. The SMILES string of the molecule is CC1CCCCC1CNC(=O)c1cccc2c1CCCN2. The molecule has 0 bridgehead atoms. The molecule has 1 fully saturated rings. The van der Waals surface area contributed by atoms with Gasteiger partial charge >= 0.3 is 0 Å². The number of benzene rings is 1. The number of nitrogens with one attached hydrogen (secondary N) is 2. The second kappa shape index (κ2) is 6.50. The molecule has 0 aromatic heterocycles. The fraction of sp³-hybridized carbons (Fsp3) is 0.611. The Balaban J connectivity index is 1.65. The Morgan fingerprint density at radius 1 is 1.29 bits per heavy atom. The zero-order valence-electron chi connectivity index (χ0n) is 13.0. The maximum absolute atomic E-state index is 12.5. The topological polar surface area (TPSA) is 41.1 Å². The van der Waals surface area contributed by atoms with Crippen molar-refractivity contribution in [1.82, 2.24) is 5.32 Å². The lowest BCUT2D eigenvalue weighted by atomic mass is 9.80. The number of hydrogen-bond acceptors (Lipinski definition) is 2. The van der Waals surface area contributed by atoms with Crippen molar-refractivity contribution < 1.29 is 4.79 Å². The van der Waals surface area contributed by atoms with Crippen molar-refractivity contribution in [2.24, 2.45) is 11.8 Å². The lowest BCUT2D eigenvalue weighted by Crippen LogP contribution is -2.34. The van der Waals surface area contributed by atoms with E-state index in [0.29, 0.717) is 5.92 Å². The second-order valence-corrected chi connectivity index (χ2v) is 6.59. The molecule has 1 aliphatic heterocycles. The first-order valence-corrected chi connectivity index (χ1v) is 8.39. The average molecular weight is 286 g/mol. The highest BCUT2D eigenvalue weighted by atomic mass is 16.1. The fourth-order valence-corrected chi connectivity index (χ4v) is 3.74. The smallest absolute Gasteiger partial charge is 0.251 e. The van der Waals surface area contributed by atoms with Gasteiger partial charge in [-0.25, -0.2) is 0 Å². The number of fused-ring (bicyclic) bond motifs is 1. The average Bonchev–Trinajstić information content (AvgIpc) is 2.53. The second-order valence-electron chi connectivity index (χ2n) is 6.59. The first kappa shape index (κ1) is 14.4. The van der Waals surface area contributed by atoms with Crippen molar-refractivity contribution >= 4 is 11.6 Å². The van der Waals surface area contributed by atoms with Crippen LogP contribution in [0.5, 0.6) is 0 Å². The van der Waals surface area contributed by atoms with Gasteiger partial charge in [0.25, 0.3) is 5.91 Å². The van der Waals surface area contributed by atoms with Crippen molar-refractivity contribution in [2.75, 3.05) is 18.4 Å². The van der Waals surface area contributed by atoms with Gasteiger partial charge in [-0.1, -0.05) is 32.3 Å². The first-order valence-electron chi connectivity index (χ1n) is 8.39. The van der Waals surface area contributed by atoms with E-state index in [-0.39, 0.29) is 5.91 Å². The molecule has 2 N–H and O–H groups in total. The molecule has 1 heterocycles. The van der Waals surface area contributed by atoms with E-state index in [1.165, 1.54) is 31.2 Å². The van der Waals surface area contributed by atoms with Crippen LogP contribution < -0.4 is 10.6 Å². The number of carbonyl (C=O) groups is 1. The quantitative estimate of drug-likeness (QED) is 0.891. The molecule has 1 aromatic carbocycles. The summed E-state index contributed by atoms with van der Waals surface area (Å²) in [5.74, 6) is 1.50. The van der Waals surface area contributed by atoms with Gasteiger partial charge in [0.2, 0.25) is 0 Å². The maximum Gasteiger partial charge on any atom is 0.251 e. The Morgan fingerprint density at radius 3 is 3.00 bits per heavy atom. The Bertz CT molecular complexity index is 512. The van der Waals surface area contributed by atoms with Gasteiger partial charge in [0.15, 0.2) is 0 Å². The first-order chi connectivity index (χ1) is 10.3. The molecule has 1 aromatic rings. The van der Waals surface area contributed by atoms with Gasteiger partial charge in [-0.15, -0.1) is 0 Å². The summed E-state index contributed by atoms with van der Waals surface area (Å²) in [7, 11) is 0. The fourth-order valence-electron chi connectivity index (χ4n) is 3.74. The predicted molar refractivity (Wildman–Crippen MR) is 86.7 cm³/mol. The van der Waals surface area contributed by atoms with Crippen molar-refractivity contribution in [1.29, 1.82) is 0 Å². The molecule has 21 heavy (non-hydrogen) atoms. The van der Waals surface area contributed by atoms with Crippen LogP contribution in [0.25, 0.3) is 0 Å². The summed E-state index contributed by atoms with van der Waals surface area (Å²) in [6.07, 6.45) is 7.35. The molecule has 0 spiro atoms. The molecule has 2 atom stereocenters. The highest BCUT2D eigenvalue weighted by Crippen LogP contribution is 2.29. The molecule has 0 saturated heterocycles. The van der Waals surface area contributed by atoms with E-state index in [2.05, 4.69) is 23.6 Å². The number of rotatable bonds is 3. The van der Waals surface area contributed by atoms with Gasteiger partial charge in [-0.2, -0.15) is 0 Å². The number of hydrogen-bond donors (Lipinski definition) is 2. The minimum atomic E-state index is 0.105. The van der Waals surface area contributed by atoms with Crippen LogP contribution in [0.2, 0.25) is 0 Å². The molecule has 2 unspecified atom stereocenters. The Hall–Kier alpha value is -1.51. The standard InChI is InChI=1S/C18H26N2O/c1-13-6-2-3-7-14(13)12-20-18(21)16-8-4-10-17-15(16)9-5-11-19-17/h4,8,10,13-14,19H,2-3,5-7,9,11-12H2,1H3,(H,20,21). The molecule has 114 valence electrons. The molecule has 0 radical (unpaired) electrons. The van der Waals surface area contributed by atoms with E-state index in [0.717, 1.165) is 43.1 Å². The van der Waals surface area contributed by atoms with Gasteiger partial charge in [0.05, 0.1) is 0 Å². The third-order valence-electron chi connectivity index (χ3n) is 5.15. The van der Waals surface area contributed by atoms with E-state index < -0.39 is 0 Å². The van der Waals surface area contributed by atoms with Crippen LogP contribution in [-0.4, -0.2) is 19.0 Å². The molecule has 2 aliphatic rings. The van der Waals surface area contributed by atoms with Crippen molar-refractivity contribution in [3.05, 3.63) is 29.3 Å².